The lowest BCUT2D eigenvalue weighted by Gasteiger charge is -1.98. The molecule has 0 radical (unpaired) electrons. The van der Waals surface area contributed by atoms with Crippen LogP contribution in [0.5, 0.6) is 5.75 Å². The van der Waals surface area contributed by atoms with Crippen molar-refractivity contribution in [2.75, 3.05) is 0 Å². The third-order valence-corrected chi connectivity index (χ3v) is 1.69. The Morgan fingerprint density at radius 3 is 2.54 bits per heavy atom. The molecule has 1 aromatic heterocycles. The lowest BCUT2D eigenvalue weighted by atomic mass is 10.3. The molecule has 2 N–H and O–H groups in total. The molecule has 4 nitrogen and oxygen atoms in total. The predicted molar refractivity (Wildman–Crippen MR) is 51.7 cm³/mol. The van der Waals surface area contributed by atoms with Gasteiger partial charge in [-0.1, -0.05) is 6.92 Å². The van der Waals surface area contributed by atoms with Crippen molar-refractivity contribution in [1.29, 1.82) is 0 Å². The van der Waals surface area contributed by atoms with Gasteiger partial charge in [-0.3, -0.25) is 4.79 Å². The highest BCUT2D eigenvalue weighted by Gasteiger charge is 1.98. The molecule has 5 heteroatoms. The van der Waals surface area contributed by atoms with Crippen molar-refractivity contribution in [3.63, 3.8) is 0 Å². The Kier molecular flexibility index (Phi) is 5.88. The summed E-state index contributed by atoms with van der Waals surface area (Å²) in [7, 11) is 0. The van der Waals surface area contributed by atoms with Crippen molar-refractivity contribution in [2.24, 2.45) is 0 Å². The van der Waals surface area contributed by atoms with Crippen LogP contribution < -0.4 is 0 Å². The molecule has 0 amide bonds. The molecule has 0 saturated carbocycles. The number of aromatic hydroxyl groups is 1. The highest BCUT2D eigenvalue weighted by molar-refractivity contribution is 9.10. The molecule has 1 rings (SSSR count). The zero-order valence-electron chi connectivity index (χ0n) is 7.07. The molecule has 0 aromatic carbocycles. The fraction of sp³-hybridized carbons (Fsp3) is 0.250. The number of pyridine rings is 1. The summed E-state index contributed by atoms with van der Waals surface area (Å²) in [6.45, 7) is 1.70. The van der Waals surface area contributed by atoms with E-state index >= 15 is 0 Å². The summed E-state index contributed by atoms with van der Waals surface area (Å²) in [6, 6.07) is 3.35. The standard InChI is InChI=1S/C7H8BrNO.CH2O2/c1-2-5-6(10)3-4-7(8)9-5;2-1-3/h3-4,10H,2H2,1H3;1H,(H,2,3). The molecular formula is C8H10BrNO3. The van der Waals surface area contributed by atoms with Crippen LogP contribution in [-0.2, 0) is 11.2 Å². The fourth-order valence-corrected chi connectivity index (χ4v) is 1.07. The second kappa shape index (κ2) is 6.42. The molecule has 0 bridgehead atoms. The van der Waals surface area contributed by atoms with E-state index in [1.807, 2.05) is 6.92 Å². The van der Waals surface area contributed by atoms with Crippen molar-refractivity contribution in [2.45, 2.75) is 13.3 Å². The Labute approximate surface area is 84.4 Å². The van der Waals surface area contributed by atoms with Crippen LogP contribution in [-0.4, -0.2) is 21.7 Å². The van der Waals surface area contributed by atoms with E-state index in [0.717, 1.165) is 16.7 Å². The molecule has 72 valence electrons. The quantitative estimate of drug-likeness (QED) is 0.587. The number of aromatic nitrogens is 1. The summed E-state index contributed by atoms with van der Waals surface area (Å²) in [5, 5.41) is 16.0. The van der Waals surface area contributed by atoms with Gasteiger partial charge in [-0.15, -0.1) is 0 Å². The average Bonchev–Trinajstić information content (AvgIpc) is 2.10. The predicted octanol–water partition coefficient (Wildman–Crippen LogP) is 1.81. The van der Waals surface area contributed by atoms with E-state index < -0.39 is 0 Å². The maximum Gasteiger partial charge on any atom is 0.290 e. The van der Waals surface area contributed by atoms with Gasteiger partial charge in [0.25, 0.3) is 6.47 Å². The van der Waals surface area contributed by atoms with Crippen molar-refractivity contribution >= 4 is 22.4 Å². The molecule has 0 saturated heterocycles. The van der Waals surface area contributed by atoms with Crippen LogP contribution in [0.4, 0.5) is 0 Å². The molecule has 13 heavy (non-hydrogen) atoms. The number of carboxylic acid groups (broad SMARTS) is 1. The highest BCUT2D eigenvalue weighted by atomic mass is 79.9. The van der Waals surface area contributed by atoms with Gasteiger partial charge in [-0.2, -0.15) is 0 Å². The van der Waals surface area contributed by atoms with Crippen molar-refractivity contribution < 1.29 is 15.0 Å². The summed E-state index contributed by atoms with van der Waals surface area (Å²) in [6.07, 6.45) is 0.755. The largest absolute Gasteiger partial charge is 0.506 e. The topological polar surface area (TPSA) is 70.4 Å². The first kappa shape index (κ1) is 11.9. The first-order valence-corrected chi connectivity index (χ1v) is 4.37. The summed E-state index contributed by atoms with van der Waals surface area (Å²) in [5.74, 6) is 0.269. The van der Waals surface area contributed by atoms with Crippen LogP contribution in [0.15, 0.2) is 16.7 Å². The van der Waals surface area contributed by atoms with Gasteiger partial charge in [0.05, 0.1) is 5.69 Å². The molecule has 0 spiro atoms. The van der Waals surface area contributed by atoms with Gasteiger partial charge < -0.3 is 10.2 Å². The number of carbonyl (C=O) groups is 1. The average molecular weight is 248 g/mol. The Morgan fingerprint density at radius 2 is 2.15 bits per heavy atom. The van der Waals surface area contributed by atoms with E-state index in [1.54, 1.807) is 12.1 Å². The van der Waals surface area contributed by atoms with Gasteiger partial charge in [-0.25, -0.2) is 4.98 Å². The maximum atomic E-state index is 9.15. The Bertz CT molecular complexity index is 278. The molecular weight excluding hydrogens is 238 g/mol. The van der Waals surface area contributed by atoms with Crippen LogP contribution >= 0.6 is 15.9 Å². The zero-order chi connectivity index (χ0) is 10.3. The number of aryl methyl sites for hydroxylation is 1. The third kappa shape index (κ3) is 4.47. The van der Waals surface area contributed by atoms with E-state index in [9.17, 15) is 0 Å². The number of hydrogen-bond donors (Lipinski definition) is 2. The van der Waals surface area contributed by atoms with Gasteiger partial charge in [0.2, 0.25) is 0 Å². The van der Waals surface area contributed by atoms with E-state index in [-0.39, 0.29) is 12.2 Å². The van der Waals surface area contributed by atoms with Gasteiger partial charge in [0, 0.05) is 0 Å². The molecule has 1 aromatic rings. The smallest absolute Gasteiger partial charge is 0.290 e. The summed E-state index contributed by atoms with van der Waals surface area (Å²) >= 11 is 3.21. The van der Waals surface area contributed by atoms with Crippen molar-refractivity contribution in [3.05, 3.63) is 22.4 Å². The van der Waals surface area contributed by atoms with Gasteiger partial charge >= 0.3 is 0 Å². The van der Waals surface area contributed by atoms with E-state index in [0.29, 0.717) is 0 Å². The first-order chi connectivity index (χ1) is 6.15. The SMILES string of the molecule is CCc1nc(Br)ccc1O.O=CO. The van der Waals surface area contributed by atoms with Crippen LogP contribution in [0.3, 0.4) is 0 Å². The normalized spacial score (nSPS) is 8.46. The lowest BCUT2D eigenvalue weighted by Crippen LogP contribution is -1.86. The number of halogens is 1. The number of nitrogens with zero attached hydrogens (tertiary/aromatic N) is 1. The highest BCUT2D eigenvalue weighted by Crippen LogP contribution is 2.17. The molecule has 0 aliphatic rings. The molecule has 1 heterocycles. The number of hydrogen-bond acceptors (Lipinski definition) is 3. The third-order valence-electron chi connectivity index (χ3n) is 1.25. The lowest BCUT2D eigenvalue weighted by molar-refractivity contribution is -0.122. The fourth-order valence-electron chi connectivity index (χ4n) is 0.728. The van der Waals surface area contributed by atoms with Crippen LogP contribution in [0.25, 0.3) is 0 Å². The second-order valence-corrected chi connectivity index (χ2v) is 2.87. The zero-order valence-corrected chi connectivity index (χ0v) is 8.65. The Hall–Kier alpha value is -1.10. The van der Waals surface area contributed by atoms with Crippen LogP contribution in [0.1, 0.15) is 12.6 Å². The van der Waals surface area contributed by atoms with Crippen molar-refractivity contribution in [3.8, 4) is 5.75 Å². The minimum Gasteiger partial charge on any atom is -0.506 e. The summed E-state index contributed by atoms with van der Waals surface area (Å²) in [5.41, 5.74) is 0.731. The first-order valence-electron chi connectivity index (χ1n) is 3.58. The Balaban J connectivity index is 0.000000424. The molecule has 0 unspecified atom stereocenters. The minimum absolute atomic E-state index is 0.250. The Morgan fingerprint density at radius 1 is 1.62 bits per heavy atom. The molecule has 0 aliphatic carbocycles. The molecule has 0 atom stereocenters. The van der Waals surface area contributed by atoms with Crippen molar-refractivity contribution in [1.82, 2.24) is 4.98 Å². The second-order valence-electron chi connectivity index (χ2n) is 2.06. The number of rotatable bonds is 1. The molecule has 0 aliphatic heterocycles. The van der Waals surface area contributed by atoms with Gasteiger partial charge in [-0.05, 0) is 34.5 Å². The maximum absolute atomic E-state index is 9.15. The van der Waals surface area contributed by atoms with Gasteiger partial charge in [0.15, 0.2) is 0 Å². The van der Waals surface area contributed by atoms with E-state index in [2.05, 4.69) is 20.9 Å². The van der Waals surface area contributed by atoms with Crippen LogP contribution in [0.2, 0.25) is 0 Å². The summed E-state index contributed by atoms with van der Waals surface area (Å²) in [4.78, 5) is 12.4. The van der Waals surface area contributed by atoms with E-state index in [4.69, 9.17) is 15.0 Å². The van der Waals surface area contributed by atoms with Crippen LogP contribution in [0, 0.1) is 0 Å². The minimum atomic E-state index is -0.250. The molecule has 0 fully saturated rings. The monoisotopic (exact) mass is 247 g/mol. The summed E-state index contributed by atoms with van der Waals surface area (Å²) < 4.78 is 0.766. The van der Waals surface area contributed by atoms with Gasteiger partial charge in [0.1, 0.15) is 10.4 Å². The van der Waals surface area contributed by atoms with E-state index in [1.165, 1.54) is 0 Å².